The van der Waals surface area contributed by atoms with Crippen molar-refractivity contribution in [2.75, 3.05) is 13.7 Å². The summed E-state index contributed by atoms with van der Waals surface area (Å²) >= 11 is 0. The van der Waals surface area contributed by atoms with Gasteiger partial charge in [-0.3, -0.25) is 4.68 Å². The van der Waals surface area contributed by atoms with Gasteiger partial charge in [0, 0.05) is 24.3 Å². The predicted octanol–water partition coefficient (Wildman–Crippen LogP) is 3.20. The van der Waals surface area contributed by atoms with Crippen LogP contribution in [0.3, 0.4) is 0 Å². The predicted molar refractivity (Wildman–Crippen MR) is 85.6 cm³/mol. The van der Waals surface area contributed by atoms with Crippen molar-refractivity contribution < 1.29 is 4.74 Å². The minimum absolute atomic E-state index is 0.304. The number of nitrogens with one attached hydrogen (secondary N) is 1. The summed E-state index contributed by atoms with van der Waals surface area (Å²) < 4.78 is 7.19. The van der Waals surface area contributed by atoms with E-state index < -0.39 is 0 Å². The zero-order valence-electron chi connectivity index (χ0n) is 13.2. The minimum Gasteiger partial charge on any atom is -0.497 e. The van der Waals surface area contributed by atoms with E-state index in [1.54, 1.807) is 7.11 Å². The quantitative estimate of drug-likeness (QED) is 0.810. The number of nitrogens with zero attached hydrogens (tertiary/aromatic N) is 2. The molecule has 0 saturated heterocycles. The number of rotatable bonds is 8. The first-order valence-corrected chi connectivity index (χ1v) is 7.65. The first-order valence-electron chi connectivity index (χ1n) is 7.65. The molecule has 4 heteroatoms. The van der Waals surface area contributed by atoms with Crippen LogP contribution in [0.4, 0.5) is 0 Å². The number of ether oxygens (including phenoxy) is 1. The molecule has 1 unspecified atom stereocenters. The Morgan fingerprint density at radius 2 is 2.00 bits per heavy atom. The van der Waals surface area contributed by atoms with Crippen LogP contribution in [0.25, 0.3) is 0 Å². The Morgan fingerprint density at radius 1 is 1.24 bits per heavy atom. The second kappa shape index (κ2) is 7.84. The van der Waals surface area contributed by atoms with Crippen LogP contribution in [0.15, 0.2) is 36.7 Å². The highest BCUT2D eigenvalue weighted by atomic mass is 16.5. The summed E-state index contributed by atoms with van der Waals surface area (Å²) in [5.41, 5.74) is 2.55. The molecule has 21 heavy (non-hydrogen) atoms. The topological polar surface area (TPSA) is 39.1 Å². The van der Waals surface area contributed by atoms with Crippen LogP contribution in [-0.2, 0) is 13.0 Å². The van der Waals surface area contributed by atoms with Crippen molar-refractivity contribution in [3.63, 3.8) is 0 Å². The molecule has 0 radical (unpaired) electrons. The molecule has 0 aliphatic rings. The Bertz CT molecular complexity index is 533. The van der Waals surface area contributed by atoms with Gasteiger partial charge >= 0.3 is 0 Å². The SMILES string of the molecule is CCCNC(Cc1ccc(OC)cc1)c1cnn(CC)c1. The maximum absolute atomic E-state index is 5.21. The average Bonchev–Trinajstić information content (AvgIpc) is 3.01. The fraction of sp³-hybridized carbons (Fsp3) is 0.471. The van der Waals surface area contributed by atoms with E-state index in [1.165, 1.54) is 11.1 Å². The molecule has 0 aliphatic heterocycles. The lowest BCUT2D eigenvalue weighted by atomic mass is 10.0. The summed E-state index contributed by atoms with van der Waals surface area (Å²) in [6, 6.07) is 8.59. The van der Waals surface area contributed by atoms with Crippen molar-refractivity contribution in [3.8, 4) is 5.75 Å². The van der Waals surface area contributed by atoms with Gasteiger partial charge in [0.25, 0.3) is 0 Å². The fourth-order valence-corrected chi connectivity index (χ4v) is 2.36. The van der Waals surface area contributed by atoms with E-state index >= 15 is 0 Å². The number of hydrogen-bond donors (Lipinski definition) is 1. The molecular weight excluding hydrogens is 262 g/mol. The summed E-state index contributed by atoms with van der Waals surface area (Å²) in [4.78, 5) is 0. The third-order valence-electron chi connectivity index (χ3n) is 3.62. The summed E-state index contributed by atoms with van der Waals surface area (Å²) in [6.07, 6.45) is 6.19. The van der Waals surface area contributed by atoms with Gasteiger partial charge < -0.3 is 10.1 Å². The molecule has 1 heterocycles. The highest BCUT2D eigenvalue weighted by Gasteiger charge is 2.13. The molecule has 0 fully saturated rings. The molecule has 1 atom stereocenters. The van der Waals surface area contributed by atoms with Gasteiger partial charge in [-0.25, -0.2) is 0 Å². The number of aromatic nitrogens is 2. The highest BCUT2D eigenvalue weighted by Crippen LogP contribution is 2.20. The lowest BCUT2D eigenvalue weighted by Crippen LogP contribution is -2.23. The maximum atomic E-state index is 5.21. The summed E-state index contributed by atoms with van der Waals surface area (Å²) in [7, 11) is 1.69. The van der Waals surface area contributed by atoms with Crippen molar-refractivity contribution in [3.05, 3.63) is 47.8 Å². The van der Waals surface area contributed by atoms with Crippen molar-refractivity contribution in [1.29, 1.82) is 0 Å². The smallest absolute Gasteiger partial charge is 0.118 e. The monoisotopic (exact) mass is 287 g/mol. The molecule has 1 aromatic heterocycles. The van der Waals surface area contributed by atoms with Gasteiger partial charge in [0.1, 0.15) is 5.75 Å². The molecule has 4 nitrogen and oxygen atoms in total. The molecule has 2 aromatic rings. The van der Waals surface area contributed by atoms with E-state index in [4.69, 9.17) is 4.74 Å². The van der Waals surface area contributed by atoms with Crippen molar-refractivity contribution in [1.82, 2.24) is 15.1 Å². The van der Waals surface area contributed by atoms with E-state index in [1.807, 2.05) is 23.0 Å². The molecule has 0 saturated carbocycles. The fourth-order valence-electron chi connectivity index (χ4n) is 2.36. The van der Waals surface area contributed by atoms with E-state index in [0.29, 0.717) is 6.04 Å². The largest absolute Gasteiger partial charge is 0.497 e. The molecule has 0 aliphatic carbocycles. The molecule has 1 aromatic carbocycles. The zero-order valence-corrected chi connectivity index (χ0v) is 13.2. The maximum Gasteiger partial charge on any atom is 0.118 e. The molecule has 114 valence electrons. The number of benzene rings is 1. The zero-order chi connectivity index (χ0) is 15.1. The van der Waals surface area contributed by atoms with Crippen LogP contribution in [0.1, 0.15) is 37.4 Å². The van der Waals surface area contributed by atoms with Crippen molar-refractivity contribution in [2.24, 2.45) is 0 Å². The molecule has 0 amide bonds. The van der Waals surface area contributed by atoms with Crippen molar-refractivity contribution >= 4 is 0 Å². The van der Waals surface area contributed by atoms with Crippen LogP contribution in [0.5, 0.6) is 5.75 Å². The van der Waals surface area contributed by atoms with Gasteiger partial charge in [0.15, 0.2) is 0 Å². The van der Waals surface area contributed by atoms with Crippen LogP contribution < -0.4 is 10.1 Å². The summed E-state index contributed by atoms with van der Waals surface area (Å²) in [5.74, 6) is 0.899. The van der Waals surface area contributed by atoms with Gasteiger partial charge in [-0.1, -0.05) is 19.1 Å². The molecule has 1 N–H and O–H groups in total. The lowest BCUT2D eigenvalue weighted by molar-refractivity contribution is 0.414. The average molecular weight is 287 g/mol. The second-order valence-electron chi connectivity index (χ2n) is 5.19. The van der Waals surface area contributed by atoms with Gasteiger partial charge in [-0.05, 0) is 44.0 Å². The van der Waals surface area contributed by atoms with Crippen LogP contribution in [0, 0.1) is 0 Å². The van der Waals surface area contributed by atoms with Crippen molar-refractivity contribution in [2.45, 2.75) is 39.3 Å². The van der Waals surface area contributed by atoms with E-state index in [9.17, 15) is 0 Å². The van der Waals surface area contributed by atoms with E-state index in [2.05, 4.69) is 42.6 Å². The molecule has 0 spiro atoms. The Morgan fingerprint density at radius 3 is 2.57 bits per heavy atom. The number of hydrogen-bond acceptors (Lipinski definition) is 3. The highest BCUT2D eigenvalue weighted by molar-refractivity contribution is 5.28. The first-order chi connectivity index (χ1) is 10.3. The van der Waals surface area contributed by atoms with Gasteiger partial charge in [-0.2, -0.15) is 5.10 Å². The number of methoxy groups -OCH3 is 1. The van der Waals surface area contributed by atoms with Crippen LogP contribution in [0.2, 0.25) is 0 Å². The third kappa shape index (κ3) is 4.33. The normalized spacial score (nSPS) is 12.3. The van der Waals surface area contributed by atoms with E-state index in [-0.39, 0.29) is 0 Å². The Kier molecular flexibility index (Phi) is 5.81. The first kappa shape index (κ1) is 15.6. The van der Waals surface area contributed by atoms with Gasteiger partial charge in [0.2, 0.25) is 0 Å². The molecular formula is C17H25N3O. The van der Waals surface area contributed by atoms with Gasteiger partial charge in [0.05, 0.1) is 13.3 Å². The van der Waals surface area contributed by atoms with Crippen LogP contribution in [-0.4, -0.2) is 23.4 Å². The van der Waals surface area contributed by atoms with Crippen LogP contribution >= 0.6 is 0 Å². The second-order valence-corrected chi connectivity index (χ2v) is 5.19. The Hall–Kier alpha value is -1.81. The standard InChI is InChI=1S/C17H25N3O/c1-4-10-18-17(15-12-19-20(5-2)13-15)11-14-6-8-16(21-3)9-7-14/h6-9,12-13,17-18H,4-5,10-11H2,1-3H3. The Balaban J connectivity index is 2.10. The summed E-state index contributed by atoms with van der Waals surface area (Å²) in [5, 5.41) is 8.00. The molecule has 0 bridgehead atoms. The lowest BCUT2D eigenvalue weighted by Gasteiger charge is -2.17. The Labute approximate surface area is 127 Å². The van der Waals surface area contributed by atoms with Gasteiger partial charge in [-0.15, -0.1) is 0 Å². The third-order valence-corrected chi connectivity index (χ3v) is 3.62. The summed E-state index contributed by atoms with van der Waals surface area (Å²) in [6.45, 7) is 6.21. The molecule has 2 rings (SSSR count). The minimum atomic E-state index is 0.304. The van der Waals surface area contributed by atoms with E-state index in [0.717, 1.165) is 31.7 Å². The number of aryl methyl sites for hydroxylation is 1.